The highest BCUT2D eigenvalue weighted by atomic mass is 16.5. The van der Waals surface area contributed by atoms with Crippen LogP contribution in [0.2, 0.25) is 0 Å². The maximum Gasteiger partial charge on any atom is 0.411 e. The van der Waals surface area contributed by atoms with E-state index in [0.717, 1.165) is 0 Å². The van der Waals surface area contributed by atoms with E-state index in [1.165, 1.54) is 18.3 Å². The predicted octanol–water partition coefficient (Wildman–Crippen LogP) is 0.909. The summed E-state index contributed by atoms with van der Waals surface area (Å²) in [5.74, 6) is -1.23. The van der Waals surface area contributed by atoms with Gasteiger partial charge in [-0.05, 0) is 6.07 Å². The molecule has 0 bridgehead atoms. The van der Waals surface area contributed by atoms with Gasteiger partial charge in [0.2, 0.25) is 0 Å². The molecule has 0 saturated heterocycles. The third kappa shape index (κ3) is 3.37. The zero-order valence-corrected chi connectivity index (χ0v) is 8.21. The maximum absolute atomic E-state index is 11.1. The quantitative estimate of drug-likeness (QED) is 0.735. The Morgan fingerprint density at radius 1 is 1.62 bits per heavy atom. The summed E-state index contributed by atoms with van der Waals surface area (Å²) >= 11 is 0. The zero-order valence-electron chi connectivity index (χ0n) is 8.21. The Morgan fingerprint density at radius 3 is 3.00 bits per heavy atom. The molecule has 0 saturated carbocycles. The molecule has 0 aliphatic rings. The van der Waals surface area contributed by atoms with Crippen molar-refractivity contribution in [3.8, 4) is 0 Å². The molecule has 16 heavy (non-hydrogen) atoms. The van der Waals surface area contributed by atoms with Crippen LogP contribution in [0.1, 0.15) is 10.5 Å². The number of carbonyl (C=O) groups is 2. The second-order valence-electron chi connectivity index (χ2n) is 2.65. The van der Waals surface area contributed by atoms with Crippen LogP contribution in [0.5, 0.6) is 0 Å². The van der Waals surface area contributed by atoms with Crippen molar-refractivity contribution in [1.29, 1.82) is 0 Å². The number of hydrogen-bond acceptors (Lipinski definition) is 5. The molecule has 0 atom stereocenters. The van der Waals surface area contributed by atoms with Crippen molar-refractivity contribution in [2.75, 3.05) is 11.9 Å². The van der Waals surface area contributed by atoms with Crippen LogP contribution in [0.4, 0.5) is 10.5 Å². The highest BCUT2D eigenvalue weighted by Gasteiger charge is 2.08. The van der Waals surface area contributed by atoms with Gasteiger partial charge in [-0.1, -0.05) is 12.7 Å². The van der Waals surface area contributed by atoms with Crippen molar-refractivity contribution in [3.05, 3.63) is 30.6 Å². The van der Waals surface area contributed by atoms with Gasteiger partial charge in [-0.2, -0.15) is 5.10 Å². The number of amides is 1. The first kappa shape index (κ1) is 11.6. The van der Waals surface area contributed by atoms with Crippen LogP contribution in [0.15, 0.2) is 24.9 Å². The highest BCUT2D eigenvalue weighted by molar-refractivity contribution is 5.89. The first-order valence-electron chi connectivity index (χ1n) is 4.24. The van der Waals surface area contributed by atoms with Gasteiger partial charge in [0.15, 0.2) is 5.69 Å². The number of ether oxygens (including phenoxy) is 1. The fourth-order valence-electron chi connectivity index (χ4n) is 0.828. The summed E-state index contributed by atoms with van der Waals surface area (Å²) < 4.78 is 4.63. The SMILES string of the molecule is C=CCOC(=O)Nc1cnnc(C(=O)O)c1. The van der Waals surface area contributed by atoms with Crippen LogP contribution in [0.3, 0.4) is 0 Å². The Bertz CT molecular complexity index is 419. The molecule has 0 aliphatic carbocycles. The fraction of sp³-hybridized carbons (Fsp3) is 0.111. The van der Waals surface area contributed by atoms with Crippen LogP contribution < -0.4 is 5.32 Å². The number of rotatable bonds is 4. The number of carboxylic acid groups (broad SMARTS) is 1. The molecule has 0 aromatic carbocycles. The Labute approximate surface area is 90.8 Å². The van der Waals surface area contributed by atoms with Crippen molar-refractivity contribution in [3.63, 3.8) is 0 Å². The molecule has 7 nitrogen and oxygen atoms in total. The molecule has 84 valence electrons. The highest BCUT2D eigenvalue weighted by Crippen LogP contribution is 2.06. The Balaban J connectivity index is 2.66. The van der Waals surface area contributed by atoms with Gasteiger partial charge in [-0.25, -0.2) is 9.59 Å². The van der Waals surface area contributed by atoms with Gasteiger partial charge in [0.25, 0.3) is 0 Å². The van der Waals surface area contributed by atoms with E-state index in [2.05, 4.69) is 26.8 Å². The summed E-state index contributed by atoms with van der Waals surface area (Å²) in [7, 11) is 0. The second-order valence-corrected chi connectivity index (χ2v) is 2.65. The normalized spacial score (nSPS) is 9.25. The molecule has 0 fully saturated rings. The van der Waals surface area contributed by atoms with Gasteiger partial charge in [-0.3, -0.25) is 5.32 Å². The Kier molecular flexibility index (Phi) is 3.96. The summed E-state index contributed by atoms with van der Waals surface area (Å²) in [5.41, 5.74) is -0.0667. The van der Waals surface area contributed by atoms with Crippen LogP contribution >= 0.6 is 0 Å². The molecule has 1 amide bonds. The third-order valence-electron chi connectivity index (χ3n) is 1.45. The number of aromatic carboxylic acids is 1. The molecule has 0 spiro atoms. The van der Waals surface area contributed by atoms with Gasteiger partial charge in [-0.15, -0.1) is 5.10 Å². The molecule has 1 aromatic heterocycles. The Morgan fingerprint density at radius 2 is 2.38 bits per heavy atom. The molecule has 1 rings (SSSR count). The lowest BCUT2D eigenvalue weighted by Crippen LogP contribution is -2.14. The van der Waals surface area contributed by atoms with Crippen LogP contribution in [-0.4, -0.2) is 34.0 Å². The fourth-order valence-corrected chi connectivity index (χ4v) is 0.828. The lowest BCUT2D eigenvalue weighted by Gasteiger charge is -2.04. The van der Waals surface area contributed by atoms with Gasteiger partial charge < -0.3 is 9.84 Å². The number of anilines is 1. The molecule has 0 aliphatic heterocycles. The lowest BCUT2D eigenvalue weighted by atomic mass is 10.3. The summed E-state index contributed by atoms with van der Waals surface area (Å²) in [4.78, 5) is 21.6. The topological polar surface area (TPSA) is 101 Å². The van der Waals surface area contributed by atoms with Crippen LogP contribution in [0, 0.1) is 0 Å². The summed E-state index contributed by atoms with van der Waals surface area (Å²) in [5, 5.41) is 17.7. The van der Waals surface area contributed by atoms with E-state index in [1.54, 1.807) is 0 Å². The second kappa shape index (κ2) is 5.44. The standard InChI is InChI=1S/C9H9N3O4/c1-2-3-16-9(15)11-6-4-7(8(13)14)12-10-5-6/h2,4-5H,1,3H2,(H,13,14)(H,11,12,15). The molecule has 1 aromatic rings. The van der Waals surface area contributed by atoms with E-state index in [9.17, 15) is 9.59 Å². The van der Waals surface area contributed by atoms with Crippen molar-refractivity contribution in [2.45, 2.75) is 0 Å². The van der Waals surface area contributed by atoms with Gasteiger partial charge in [0.1, 0.15) is 6.61 Å². The van der Waals surface area contributed by atoms with Gasteiger partial charge in [0, 0.05) is 0 Å². The average Bonchev–Trinajstić information content (AvgIpc) is 2.26. The molecular formula is C9H9N3O4. The predicted molar refractivity (Wildman–Crippen MR) is 54.2 cm³/mol. The monoisotopic (exact) mass is 223 g/mol. The summed E-state index contributed by atoms with van der Waals surface area (Å²) in [6.45, 7) is 3.44. The third-order valence-corrected chi connectivity index (χ3v) is 1.45. The molecule has 0 unspecified atom stereocenters. The van der Waals surface area contributed by atoms with Crippen molar-refractivity contribution < 1.29 is 19.4 Å². The van der Waals surface area contributed by atoms with Crippen LogP contribution in [0.25, 0.3) is 0 Å². The summed E-state index contributed by atoms with van der Waals surface area (Å²) in [6, 6.07) is 1.17. The number of nitrogens with one attached hydrogen (secondary N) is 1. The number of carbonyl (C=O) groups excluding carboxylic acids is 1. The number of hydrogen-bond donors (Lipinski definition) is 2. The zero-order chi connectivity index (χ0) is 12.0. The molecule has 0 radical (unpaired) electrons. The van der Waals surface area contributed by atoms with E-state index in [-0.39, 0.29) is 18.0 Å². The number of aromatic nitrogens is 2. The van der Waals surface area contributed by atoms with Crippen molar-refractivity contribution >= 4 is 17.7 Å². The molecule has 1 heterocycles. The lowest BCUT2D eigenvalue weighted by molar-refractivity contribution is 0.0689. The minimum Gasteiger partial charge on any atom is -0.476 e. The van der Waals surface area contributed by atoms with Crippen molar-refractivity contribution in [1.82, 2.24) is 10.2 Å². The number of carboxylic acids is 1. The van der Waals surface area contributed by atoms with E-state index < -0.39 is 12.1 Å². The minimum absolute atomic E-state index is 0.0656. The van der Waals surface area contributed by atoms with Crippen LogP contribution in [-0.2, 0) is 4.74 Å². The van der Waals surface area contributed by atoms with Crippen molar-refractivity contribution in [2.24, 2.45) is 0 Å². The van der Waals surface area contributed by atoms with E-state index in [4.69, 9.17) is 5.11 Å². The number of nitrogens with zero attached hydrogens (tertiary/aromatic N) is 2. The average molecular weight is 223 g/mol. The van der Waals surface area contributed by atoms with E-state index in [0.29, 0.717) is 0 Å². The first-order chi connectivity index (χ1) is 7.63. The van der Waals surface area contributed by atoms with E-state index in [1.807, 2.05) is 0 Å². The maximum atomic E-state index is 11.1. The molecule has 7 heteroatoms. The smallest absolute Gasteiger partial charge is 0.411 e. The van der Waals surface area contributed by atoms with Gasteiger partial charge >= 0.3 is 12.1 Å². The Hall–Kier alpha value is -2.44. The van der Waals surface area contributed by atoms with E-state index >= 15 is 0 Å². The molecular weight excluding hydrogens is 214 g/mol. The summed E-state index contributed by atoms with van der Waals surface area (Å²) in [6.07, 6.45) is 1.90. The largest absolute Gasteiger partial charge is 0.476 e. The first-order valence-corrected chi connectivity index (χ1v) is 4.24. The minimum atomic E-state index is -1.23. The molecule has 2 N–H and O–H groups in total. The van der Waals surface area contributed by atoms with Gasteiger partial charge in [0.05, 0.1) is 11.9 Å².